The van der Waals surface area contributed by atoms with E-state index < -0.39 is 0 Å². The summed E-state index contributed by atoms with van der Waals surface area (Å²) in [4.78, 5) is 14.9. The van der Waals surface area contributed by atoms with Crippen molar-refractivity contribution >= 4 is 10.9 Å². The molecule has 4 nitrogen and oxygen atoms in total. The van der Waals surface area contributed by atoms with Gasteiger partial charge in [-0.05, 0) is 24.6 Å². The number of fused-ring (bicyclic) bond motifs is 1. The summed E-state index contributed by atoms with van der Waals surface area (Å²) in [5.41, 5.74) is 0.572. The molecule has 1 heterocycles. The molecule has 18 heavy (non-hydrogen) atoms. The summed E-state index contributed by atoms with van der Waals surface area (Å²) in [6.45, 7) is 2.73. The highest BCUT2D eigenvalue weighted by molar-refractivity contribution is 5.80. The van der Waals surface area contributed by atoms with Crippen molar-refractivity contribution in [2.45, 2.75) is 19.8 Å². The Hall–Kier alpha value is -2.28. The number of aromatic nitrogens is 1. The Morgan fingerprint density at radius 3 is 3.00 bits per heavy atom. The van der Waals surface area contributed by atoms with Gasteiger partial charge in [-0.15, -0.1) is 0 Å². The standard InChI is InChI=1S/C14H14N2O2/c1-2-3-6-18-11-4-5-13-12(7-11)14(17)10(8-15)9-16-13/h4-5,7,9H,2-3,6H2,1H3,(H,16,17). The van der Waals surface area contributed by atoms with Crippen LogP contribution in [0.5, 0.6) is 5.75 Å². The molecule has 0 unspecified atom stereocenters. The second kappa shape index (κ2) is 5.37. The lowest BCUT2D eigenvalue weighted by Gasteiger charge is -2.06. The highest BCUT2D eigenvalue weighted by Gasteiger charge is 2.05. The third-order valence-corrected chi connectivity index (χ3v) is 2.74. The van der Waals surface area contributed by atoms with Crippen LogP contribution in [0.3, 0.4) is 0 Å². The van der Waals surface area contributed by atoms with Crippen molar-refractivity contribution in [3.63, 3.8) is 0 Å². The van der Waals surface area contributed by atoms with Gasteiger partial charge in [-0.2, -0.15) is 5.26 Å². The van der Waals surface area contributed by atoms with E-state index in [0.29, 0.717) is 23.3 Å². The Balaban J connectivity index is 2.40. The van der Waals surface area contributed by atoms with Crippen molar-refractivity contribution < 1.29 is 4.74 Å². The molecule has 1 N–H and O–H groups in total. The Morgan fingerprint density at radius 2 is 2.28 bits per heavy atom. The zero-order valence-electron chi connectivity index (χ0n) is 10.2. The summed E-state index contributed by atoms with van der Waals surface area (Å²) in [7, 11) is 0. The summed E-state index contributed by atoms with van der Waals surface area (Å²) in [6, 6.07) is 7.17. The quantitative estimate of drug-likeness (QED) is 0.838. The first-order chi connectivity index (χ1) is 8.76. The predicted molar refractivity (Wildman–Crippen MR) is 69.7 cm³/mol. The SMILES string of the molecule is CCCCOc1ccc2[nH]cc(C#N)c(=O)c2c1. The molecule has 1 aromatic heterocycles. The fourth-order valence-electron chi connectivity index (χ4n) is 1.70. The second-order valence-electron chi connectivity index (χ2n) is 4.05. The maximum Gasteiger partial charge on any atom is 0.207 e. The highest BCUT2D eigenvalue weighted by atomic mass is 16.5. The normalized spacial score (nSPS) is 10.2. The lowest BCUT2D eigenvalue weighted by molar-refractivity contribution is 0.310. The molecule has 0 atom stereocenters. The van der Waals surface area contributed by atoms with Crippen LogP contribution in [0, 0.1) is 11.3 Å². The maximum absolute atomic E-state index is 11.9. The topological polar surface area (TPSA) is 65.9 Å². The van der Waals surface area contributed by atoms with Crippen LogP contribution in [-0.2, 0) is 0 Å². The number of rotatable bonds is 4. The monoisotopic (exact) mass is 242 g/mol. The van der Waals surface area contributed by atoms with Crippen LogP contribution in [0.25, 0.3) is 10.9 Å². The fourth-order valence-corrected chi connectivity index (χ4v) is 1.70. The van der Waals surface area contributed by atoms with Gasteiger partial charge in [0.05, 0.1) is 12.0 Å². The van der Waals surface area contributed by atoms with Gasteiger partial charge >= 0.3 is 0 Å². The van der Waals surface area contributed by atoms with Crippen molar-refractivity contribution in [1.29, 1.82) is 5.26 Å². The smallest absolute Gasteiger partial charge is 0.207 e. The third-order valence-electron chi connectivity index (χ3n) is 2.74. The largest absolute Gasteiger partial charge is 0.494 e. The Bertz CT molecular complexity index is 653. The molecule has 0 spiro atoms. The number of nitriles is 1. The number of nitrogens with zero attached hydrogens (tertiary/aromatic N) is 1. The van der Waals surface area contributed by atoms with E-state index in [1.165, 1.54) is 6.20 Å². The van der Waals surface area contributed by atoms with Crippen LogP contribution < -0.4 is 10.2 Å². The molecule has 0 bridgehead atoms. The van der Waals surface area contributed by atoms with E-state index >= 15 is 0 Å². The highest BCUT2D eigenvalue weighted by Crippen LogP contribution is 2.17. The molecule has 2 aromatic rings. The Kier molecular flexibility index (Phi) is 3.63. The molecule has 4 heteroatoms. The van der Waals surface area contributed by atoms with Crippen LogP contribution in [0.15, 0.2) is 29.2 Å². The second-order valence-corrected chi connectivity index (χ2v) is 4.05. The van der Waals surface area contributed by atoms with E-state index in [0.717, 1.165) is 12.8 Å². The minimum Gasteiger partial charge on any atom is -0.494 e. The number of benzene rings is 1. The van der Waals surface area contributed by atoms with Crippen molar-refractivity contribution in [3.05, 3.63) is 40.2 Å². The maximum atomic E-state index is 11.9. The van der Waals surface area contributed by atoms with Crippen molar-refractivity contribution in [2.75, 3.05) is 6.61 Å². The number of H-pyrrole nitrogens is 1. The summed E-state index contributed by atoms with van der Waals surface area (Å²) in [6.07, 6.45) is 3.47. The molecule has 92 valence electrons. The van der Waals surface area contributed by atoms with Gasteiger partial charge in [-0.3, -0.25) is 4.79 Å². The van der Waals surface area contributed by atoms with Gasteiger partial charge < -0.3 is 9.72 Å². The molecule has 0 aliphatic rings. The van der Waals surface area contributed by atoms with Gasteiger partial charge in [-0.25, -0.2) is 0 Å². The summed E-state index contributed by atoms with van der Waals surface area (Å²) in [5.74, 6) is 0.663. The summed E-state index contributed by atoms with van der Waals surface area (Å²) in [5, 5.41) is 9.31. The molecule has 0 amide bonds. The first-order valence-corrected chi connectivity index (χ1v) is 5.94. The summed E-state index contributed by atoms with van der Waals surface area (Å²) >= 11 is 0. The van der Waals surface area contributed by atoms with Gasteiger partial charge in [0, 0.05) is 11.7 Å². The molecule has 0 radical (unpaired) electrons. The molecular formula is C14H14N2O2. The lowest BCUT2D eigenvalue weighted by Crippen LogP contribution is -2.07. The number of ether oxygens (including phenoxy) is 1. The number of hydrogen-bond acceptors (Lipinski definition) is 3. The molecule has 1 aromatic carbocycles. The van der Waals surface area contributed by atoms with Gasteiger partial charge in [0.25, 0.3) is 0 Å². The van der Waals surface area contributed by atoms with Gasteiger partial charge in [0.2, 0.25) is 5.43 Å². The average molecular weight is 242 g/mol. The minimum atomic E-state index is -0.257. The van der Waals surface area contributed by atoms with E-state index in [1.807, 2.05) is 12.1 Å². The predicted octanol–water partition coefficient (Wildman–Crippen LogP) is 2.58. The first kappa shape index (κ1) is 12.2. The number of hydrogen-bond donors (Lipinski definition) is 1. The molecule has 0 aliphatic heterocycles. The Labute approximate surface area is 105 Å². The third kappa shape index (κ3) is 2.35. The van der Waals surface area contributed by atoms with Gasteiger partial charge in [0.1, 0.15) is 17.4 Å². The van der Waals surface area contributed by atoms with Crippen LogP contribution in [0.2, 0.25) is 0 Å². The van der Waals surface area contributed by atoms with Gasteiger partial charge in [0.15, 0.2) is 0 Å². The van der Waals surface area contributed by atoms with E-state index in [-0.39, 0.29) is 11.0 Å². The van der Waals surface area contributed by atoms with Crippen molar-refractivity contribution in [3.8, 4) is 11.8 Å². The molecular weight excluding hydrogens is 228 g/mol. The molecule has 0 saturated carbocycles. The van der Waals surface area contributed by atoms with E-state index in [1.54, 1.807) is 12.1 Å². The zero-order chi connectivity index (χ0) is 13.0. The van der Waals surface area contributed by atoms with Crippen molar-refractivity contribution in [1.82, 2.24) is 4.98 Å². The fraction of sp³-hybridized carbons (Fsp3) is 0.286. The van der Waals surface area contributed by atoms with E-state index in [9.17, 15) is 4.79 Å². The lowest BCUT2D eigenvalue weighted by atomic mass is 10.1. The first-order valence-electron chi connectivity index (χ1n) is 5.94. The van der Waals surface area contributed by atoms with Crippen molar-refractivity contribution in [2.24, 2.45) is 0 Å². The van der Waals surface area contributed by atoms with E-state index in [4.69, 9.17) is 10.00 Å². The number of pyridine rings is 1. The van der Waals surface area contributed by atoms with Crippen LogP contribution in [0.1, 0.15) is 25.3 Å². The van der Waals surface area contributed by atoms with E-state index in [2.05, 4.69) is 11.9 Å². The molecule has 0 aliphatic carbocycles. The molecule has 0 fully saturated rings. The van der Waals surface area contributed by atoms with Crippen LogP contribution in [0.4, 0.5) is 0 Å². The number of unbranched alkanes of at least 4 members (excludes halogenated alkanes) is 1. The minimum absolute atomic E-state index is 0.119. The molecule has 2 rings (SSSR count). The Morgan fingerprint density at radius 1 is 1.44 bits per heavy atom. The summed E-state index contributed by atoms with van der Waals surface area (Å²) < 4.78 is 5.55. The van der Waals surface area contributed by atoms with Crippen LogP contribution >= 0.6 is 0 Å². The zero-order valence-corrected chi connectivity index (χ0v) is 10.2. The van der Waals surface area contributed by atoms with Gasteiger partial charge in [-0.1, -0.05) is 13.3 Å². The van der Waals surface area contributed by atoms with Crippen LogP contribution in [-0.4, -0.2) is 11.6 Å². The average Bonchev–Trinajstić information content (AvgIpc) is 2.40. The number of aromatic amines is 1. The molecule has 0 saturated heterocycles. The number of nitrogens with one attached hydrogen (secondary N) is 1.